The van der Waals surface area contributed by atoms with Crippen molar-refractivity contribution >= 4 is 34.5 Å². The van der Waals surface area contributed by atoms with Crippen molar-refractivity contribution in [3.8, 4) is 0 Å². The maximum Gasteiger partial charge on any atom is 0.303 e. The fourth-order valence-electron chi connectivity index (χ4n) is 4.65. The van der Waals surface area contributed by atoms with Gasteiger partial charge in [0, 0.05) is 33.0 Å². The molecular weight excluding hydrogens is 484 g/mol. The Kier molecular flexibility index (Phi) is 7.53. The topological polar surface area (TPSA) is 136 Å². The van der Waals surface area contributed by atoms with Crippen LogP contribution >= 0.6 is 0 Å². The maximum atomic E-state index is 12.1. The van der Waals surface area contributed by atoms with Gasteiger partial charge in [-0.15, -0.1) is 0 Å². The lowest BCUT2D eigenvalue weighted by Gasteiger charge is -2.41. The van der Waals surface area contributed by atoms with E-state index in [0.29, 0.717) is 22.9 Å². The van der Waals surface area contributed by atoms with E-state index in [2.05, 4.69) is 0 Å². The number of nitrogens with zero attached hydrogens (tertiary/aromatic N) is 2. The Morgan fingerprint density at radius 3 is 2.22 bits per heavy atom. The van der Waals surface area contributed by atoms with E-state index in [1.165, 1.54) is 26.8 Å². The van der Waals surface area contributed by atoms with Crippen LogP contribution in [0, 0.1) is 10.1 Å². The van der Waals surface area contributed by atoms with Gasteiger partial charge in [-0.2, -0.15) is 0 Å². The molecule has 0 bridgehead atoms. The lowest BCUT2D eigenvalue weighted by molar-refractivity contribution is -0.383. The number of carbonyl (C=O) groups excluding carboxylic acids is 3. The summed E-state index contributed by atoms with van der Waals surface area (Å²) < 4.78 is 23.9. The molecule has 0 aliphatic carbocycles. The molecule has 0 N–H and O–H groups in total. The predicted octanol–water partition coefficient (Wildman–Crippen LogP) is 3.46. The van der Waals surface area contributed by atoms with Gasteiger partial charge in [0.05, 0.1) is 22.4 Å². The summed E-state index contributed by atoms with van der Waals surface area (Å²) in [4.78, 5) is 47.2. The van der Waals surface area contributed by atoms with Gasteiger partial charge in [0.15, 0.2) is 24.5 Å². The van der Waals surface area contributed by atoms with Crippen LogP contribution in [0.4, 0.5) is 5.69 Å². The van der Waals surface area contributed by atoms with Crippen LogP contribution in [0.25, 0.3) is 10.9 Å². The molecule has 4 rings (SSSR count). The molecule has 1 saturated heterocycles. The fourth-order valence-corrected chi connectivity index (χ4v) is 4.65. The number of hydrogen-bond donors (Lipinski definition) is 0. The molecule has 194 valence electrons. The molecule has 0 saturated carbocycles. The summed E-state index contributed by atoms with van der Waals surface area (Å²) in [6.45, 7) is 3.41. The van der Waals surface area contributed by atoms with E-state index in [9.17, 15) is 24.5 Å². The molecule has 11 heteroatoms. The molecule has 3 aromatic rings. The van der Waals surface area contributed by atoms with Crippen LogP contribution in [0.5, 0.6) is 0 Å². The minimum atomic E-state index is -1.21. The predicted molar refractivity (Wildman–Crippen MR) is 129 cm³/mol. The summed E-state index contributed by atoms with van der Waals surface area (Å²) in [6, 6.07) is 14.1. The first kappa shape index (κ1) is 25.8. The zero-order chi connectivity index (χ0) is 26.7. The minimum absolute atomic E-state index is 0.0867. The van der Waals surface area contributed by atoms with Crippen LogP contribution in [-0.2, 0) is 39.8 Å². The number of benzene rings is 2. The summed E-state index contributed by atoms with van der Waals surface area (Å²) in [5, 5.41) is 12.3. The van der Waals surface area contributed by atoms with Gasteiger partial charge in [0.1, 0.15) is 0 Å². The van der Waals surface area contributed by atoms with Crippen molar-refractivity contribution in [2.24, 2.45) is 0 Å². The summed E-state index contributed by atoms with van der Waals surface area (Å²) in [7, 11) is 0. The summed E-state index contributed by atoms with van der Waals surface area (Å²) >= 11 is 0. The summed E-state index contributed by atoms with van der Waals surface area (Å²) in [6.07, 6.45) is -2.33. The smallest absolute Gasteiger partial charge is 0.303 e. The Labute approximate surface area is 212 Å². The number of nitro groups is 1. The number of carbonyl (C=O) groups is 3. The molecular formula is C26H26N2O9. The monoisotopic (exact) mass is 510 g/mol. The third-order valence-electron chi connectivity index (χ3n) is 5.95. The highest BCUT2D eigenvalue weighted by molar-refractivity contribution is 5.93. The number of ether oxygens (including phenoxy) is 4. The van der Waals surface area contributed by atoms with Gasteiger partial charge in [-0.05, 0) is 23.6 Å². The Morgan fingerprint density at radius 1 is 0.946 bits per heavy atom. The van der Waals surface area contributed by atoms with Gasteiger partial charge in [-0.3, -0.25) is 24.5 Å². The summed E-state index contributed by atoms with van der Waals surface area (Å²) in [5.41, 5.74) is 1.98. The van der Waals surface area contributed by atoms with Crippen molar-refractivity contribution in [1.29, 1.82) is 0 Å². The lowest BCUT2D eigenvalue weighted by atomic mass is 10.0. The maximum absolute atomic E-state index is 12.1. The molecule has 1 aliphatic rings. The largest absolute Gasteiger partial charge is 0.456 e. The van der Waals surface area contributed by atoms with Crippen LogP contribution in [-0.4, -0.2) is 52.3 Å². The third-order valence-corrected chi connectivity index (χ3v) is 5.95. The van der Waals surface area contributed by atoms with Gasteiger partial charge < -0.3 is 23.5 Å². The van der Waals surface area contributed by atoms with Crippen molar-refractivity contribution < 1.29 is 38.3 Å². The molecule has 1 aliphatic heterocycles. The van der Waals surface area contributed by atoms with E-state index < -0.39 is 47.4 Å². The molecule has 2 aromatic carbocycles. The van der Waals surface area contributed by atoms with Crippen molar-refractivity contribution in [2.45, 2.75) is 51.7 Å². The van der Waals surface area contributed by atoms with Crippen molar-refractivity contribution in [3.05, 3.63) is 76.0 Å². The molecule has 0 radical (unpaired) electrons. The molecule has 2 heterocycles. The van der Waals surface area contributed by atoms with Crippen molar-refractivity contribution in [2.75, 3.05) is 6.61 Å². The summed E-state index contributed by atoms with van der Waals surface area (Å²) in [5.74, 6) is -1.97. The Hall–Kier alpha value is -4.25. The molecule has 0 unspecified atom stereocenters. The third kappa shape index (κ3) is 5.61. The van der Waals surface area contributed by atoms with Crippen LogP contribution in [0.15, 0.2) is 54.7 Å². The number of rotatable bonds is 7. The lowest BCUT2D eigenvalue weighted by Crippen LogP contribution is -2.55. The number of aromatic nitrogens is 1. The SMILES string of the molecule is CC(=O)O[C@@H]1[C@@H](OC(C)=O)[C@H](OC(C)=O)CO[C@H]1n1cc(Cc2ccccc2)c2c([N+](=O)[O-])cccc21. The molecule has 1 fully saturated rings. The average Bonchev–Trinajstić information content (AvgIpc) is 3.19. The first-order valence-electron chi connectivity index (χ1n) is 11.6. The molecule has 0 spiro atoms. The van der Waals surface area contributed by atoms with E-state index in [0.717, 1.165) is 5.56 Å². The molecule has 4 atom stereocenters. The second kappa shape index (κ2) is 10.8. The van der Waals surface area contributed by atoms with Crippen LogP contribution < -0.4 is 0 Å². The van der Waals surface area contributed by atoms with E-state index in [1.54, 1.807) is 22.9 Å². The van der Waals surface area contributed by atoms with E-state index in [4.69, 9.17) is 18.9 Å². The molecule has 37 heavy (non-hydrogen) atoms. The van der Waals surface area contributed by atoms with Crippen LogP contribution in [0.1, 0.15) is 38.1 Å². The number of non-ortho nitro benzene ring substituents is 1. The highest BCUT2D eigenvalue weighted by Crippen LogP contribution is 2.38. The Morgan fingerprint density at radius 2 is 1.59 bits per heavy atom. The van der Waals surface area contributed by atoms with Gasteiger partial charge in [-0.25, -0.2) is 0 Å². The minimum Gasteiger partial charge on any atom is -0.456 e. The number of esters is 3. The second-order valence-electron chi connectivity index (χ2n) is 8.67. The molecule has 1 aromatic heterocycles. The van der Waals surface area contributed by atoms with Crippen molar-refractivity contribution in [1.82, 2.24) is 4.57 Å². The number of nitro benzene ring substituents is 1. The highest BCUT2D eigenvalue weighted by atomic mass is 16.6. The van der Waals surface area contributed by atoms with Crippen LogP contribution in [0.2, 0.25) is 0 Å². The highest BCUT2D eigenvalue weighted by Gasteiger charge is 2.48. The fraction of sp³-hybridized carbons (Fsp3) is 0.346. The van der Waals surface area contributed by atoms with Gasteiger partial charge in [0.25, 0.3) is 5.69 Å². The van der Waals surface area contributed by atoms with Gasteiger partial charge in [0.2, 0.25) is 0 Å². The Balaban J connectivity index is 1.86. The van der Waals surface area contributed by atoms with Gasteiger partial charge >= 0.3 is 17.9 Å². The normalized spacial score (nSPS) is 21.3. The Bertz CT molecular complexity index is 1330. The van der Waals surface area contributed by atoms with E-state index >= 15 is 0 Å². The van der Waals surface area contributed by atoms with E-state index in [-0.39, 0.29) is 12.3 Å². The molecule has 0 amide bonds. The second-order valence-corrected chi connectivity index (χ2v) is 8.67. The zero-order valence-corrected chi connectivity index (χ0v) is 20.5. The van der Waals surface area contributed by atoms with Gasteiger partial charge in [-0.1, -0.05) is 36.4 Å². The zero-order valence-electron chi connectivity index (χ0n) is 20.5. The first-order chi connectivity index (χ1) is 17.7. The average molecular weight is 510 g/mol. The van der Waals surface area contributed by atoms with E-state index in [1.807, 2.05) is 30.3 Å². The molecule has 11 nitrogen and oxygen atoms in total. The standard InChI is InChI=1S/C26H26N2O9/c1-15(29)35-22-14-34-26(25(37-17(3)31)24(22)36-16(2)30)27-13-19(12-18-8-5-4-6-9-18)23-20(27)10-7-11-21(23)28(32)33/h4-11,13,22,24-26H,12,14H2,1-3H3/t22-,24+,25-,26-/m1/s1. The number of fused-ring (bicyclic) bond motifs is 1. The first-order valence-corrected chi connectivity index (χ1v) is 11.6. The van der Waals surface area contributed by atoms with Crippen LogP contribution in [0.3, 0.4) is 0 Å². The van der Waals surface area contributed by atoms with Crippen molar-refractivity contribution in [3.63, 3.8) is 0 Å². The quantitative estimate of drug-likeness (QED) is 0.202. The number of hydrogen-bond acceptors (Lipinski definition) is 9.